The van der Waals surface area contributed by atoms with E-state index in [0.29, 0.717) is 5.92 Å². The van der Waals surface area contributed by atoms with E-state index in [1.807, 2.05) is 41.3 Å². The molecule has 1 atom stereocenters. The van der Waals surface area contributed by atoms with Crippen molar-refractivity contribution in [3.63, 3.8) is 0 Å². The van der Waals surface area contributed by atoms with E-state index >= 15 is 0 Å². The van der Waals surface area contributed by atoms with Gasteiger partial charge in [-0.1, -0.05) is 36.4 Å². The number of carbonyl (C=O) groups excluding carboxylic acids is 1. The van der Waals surface area contributed by atoms with E-state index in [-0.39, 0.29) is 5.91 Å². The summed E-state index contributed by atoms with van der Waals surface area (Å²) < 4.78 is 5.89. The van der Waals surface area contributed by atoms with Crippen LogP contribution >= 0.6 is 0 Å². The Hall–Kier alpha value is -2.33. The smallest absolute Gasteiger partial charge is 0.253 e. The summed E-state index contributed by atoms with van der Waals surface area (Å²) >= 11 is 0. The molecule has 0 aliphatic carbocycles. The van der Waals surface area contributed by atoms with Crippen molar-refractivity contribution < 1.29 is 9.53 Å². The Morgan fingerprint density at radius 1 is 0.962 bits per heavy atom. The Labute approximate surface area is 155 Å². The summed E-state index contributed by atoms with van der Waals surface area (Å²) in [7, 11) is 0. The van der Waals surface area contributed by atoms with Crippen LogP contribution < -0.4 is 4.74 Å². The van der Waals surface area contributed by atoms with Gasteiger partial charge in [0.15, 0.2) is 0 Å². The fraction of sp³-hybridized carbons (Fsp3) is 0.409. The summed E-state index contributed by atoms with van der Waals surface area (Å²) in [6.07, 6.45) is 2.18. The average Bonchev–Trinajstić information content (AvgIpc) is 2.90. The molecule has 2 aliphatic heterocycles. The predicted molar refractivity (Wildman–Crippen MR) is 103 cm³/mol. The largest absolute Gasteiger partial charge is 0.493 e. The third-order valence-corrected chi connectivity index (χ3v) is 5.46. The van der Waals surface area contributed by atoms with E-state index in [1.54, 1.807) is 0 Å². The molecule has 4 nitrogen and oxygen atoms in total. The van der Waals surface area contributed by atoms with E-state index in [4.69, 9.17) is 4.74 Å². The number of carbonyl (C=O) groups is 1. The van der Waals surface area contributed by atoms with Gasteiger partial charge in [0.05, 0.1) is 6.61 Å². The third-order valence-electron chi connectivity index (χ3n) is 5.46. The first kappa shape index (κ1) is 17.1. The Balaban J connectivity index is 1.31. The van der Waals surface area contributed by atoms with Crippen LogP contribution in [0.15, 0.2) is 54.6 Å². The lowest BCUT2D eigenvalue weighted by Gasteiger charge is -2.36. The lowest BCUT2D eigenvalue weighted by atomic mass is 9.96. The van der Waals surface area contributed by atoms with Crippen molar-refractivity contribution in [1.29, 1.82) is 0 Å². The monoisotopic (exact) mass is 350 g/mol. The van der Waals surface area contributed by atoms with Gasteiger partial charge in [0, 0.05) is 38.3 Å². The number of rotatable bonds is 3. The lowest BCUT2D eigenvalue weighted by molar-refractivity contribution is 0.0613. The first-order valence-corrected chi connectivity index (χ1v) is 9.57. The van der Waals surface area contributed by atoms with Crippen molar-refractivity contribution in [2.45, 2.75) is 12.8 Å². The molecule has 1 amide bonds. The van der Waals surface area contributed by atoms with Crippen LogP contribution in [-0.2, 0) is 6.42 Å². The van der Waals surface area contributed by atoms with Crippen LogP contribution in [0.3, 0.4) is 0 Å². The molecule has 0 spiro atoms. The average molecular weight is 350 g/mol. The fourth-order valence-electron chi connectivity index (χ4n) is 3.98. The van der Waals surface area contributed by atoms with E-state index < -0.39 is 0 Å². The molecule has 1 saturated heterocycles. The molecule has 4 heteroatoms. The van der Waals surface area contributed by atoms with Gasteiger partial charge in [-0.25, -0.2) is 0 Å². The van der Waals surface area contributed by atoms with Gasteiger partial charge in [-0.3, -0.25) is 9.69 Å². The van der Waals surface area contributed by atoms with E-state index in [0.717, 1.165) is 63.5 Å². The topological polar surface area (TPSA) is 32.8 Å². The normalized spacial score (nSPS) is 20.8. The molecule has 2 heterocycles. The summed E-state index contributed by atoms with van der Waals surface area (Å²) in [6.45, 7) is 5.43. The van der Waals surface area contributed by atoms with Crippen molar-refractivity contribution in [3.05, 3.63) is 65.7 Å². The summed E-state index contributed by atoms with van der Waals surface area (Å²) in [4.78, 5) is 17.1. The van der Waals surface area contributed by atoms with Crippen molar-refractivity contribution in [2.24, 2.45) is 5.92 Å². The standard InChI is InChI=1S/C22H26N2O2/c25-22(19-6-2-1-3-7-19)24-13-11-23(12-14-24)17-18-10-15-26-21-9-5-4-8-20(21)16-18/h1-9,18H,10-17H2/t18-/m1/s1. The van der Waals surface area contributed by atoms with Gasteiger partial charge in [0.2, 0.25) is 0 Å². The van der Waals surface area contributed by atoms with Gasteiger partial charge in [-0.05, 0) is 42.5 Å². The molecule has 0 bridgehead atoms. The maximum atomic E-state index is 12.6. The Bertz CT molecular complexity index is 739. The number of piperazine rings is 1. The molecule has 1 fully saturated rings. The minimum absolute atomic E-state index is 0.155. The summed E-state index contributed by atoms with van der Waals surface area (Å²) in [6, 6.07) is 18.0. The van der Waals surface area contributed by atoms with E-state index in [9.17, 15) is 4.79 Å². The Kier molecular flexibility index (Phi) is 5.21. The van der Waals surface area contributed by atoms with Crippen LogP contribution in [0.1, 0.15) is 22.3 Å². The van der Waals surface area contributed by atoms with Crippen LogP contribution in [0.25, 0.3) is 0 Å². The van der Waals surface area contributed by atoms with Crippen molar-refractivity contribution >= 4 is 5.91 Å². The fourth-order valence-corrected chi connectivity index (χ4v) is 3.98. The van der Waals surface area contributed by atoms with Crippen LogP contribution in [0.4, 0.5) is 0 Å². The van der Waals surface area contributed by atoms with Crippen LogP contribution in [-0.4, -0.2) is 55.0 Å². The van der Waals surface area contributed by atoms with Gasteiger partial charge in [0.1, 0.15) is 5.75 Å². The quantitative estimate of drug-likeness (QED) is 0.853. The van der Waals surface area contributed by atoms with Gasteiger partial charge < -0.3 is 9.64 Å². The molecule has 2 aliphatic rings. The highest BCUT2D eigenvalue weighted by Crippen LogP contribution is 2.27. The third kappa shape index (κ3) is 3.91. The van der Waals surface area contributed by atoms with Crippen LogP contribution in [0, 0.1) is 5.92 Å². The first-order chi connectivity index (χ1) is 12.8. The minimum atomic E-state index is 0.155. The highest BCUT2D eigenvalue weighted by Gasteiger charge is 2.25. The van der Waals surface area contributed by atoms with E-state index in [2.05, 4.69) is 23.1 Å². The van der Waals surface area contributed by atoms with Crippen molar-refractivity contribution in [1.82, 2.24) is 9.80 Å². The number of hydrogen-bond donors (Lipinski definition) is 0. The van der Waals surface area contributed by atoms with Crippen molar-refractivity contribution in [2.75, 3.05) is 39.3 Å². The Morgan fingerprint density at radius 2 is 1.69 bits per heavy atom. The van der Waals surface area contributed by atoms with Crippen LogP contribution in [0.2, 0.25) is 0 Å². The maximum Gasteiger partial charge on any atom is 0.253 e. The first-order valence-electron chi connectivity index (χ1n) is 9.57. The zero-order chi connectivity index (χ0) is 17.8. The molecular weight excluding hydrogens is 324 g/mol. The number of amides is 1. The zero-order valence-corrected chi connectivity index (χ0v) is 15.1. The molecule has 0 unspecified atom stereocenters. The van der Waals surface area contributed by atoms with Crippen molar-refractivity contribution in [3.8, 4) is 5.75 Å². The second-order valence-electron chi connectivity index (χ2n) is 7.27. The molecule has 0 radical (unpaired) electrons. The Morgan fingerprint density at radius 3 is 2.50 bits per heavy atom. The summed E-state index contributed by atoms with van der Waals surface area (Å²) in [5.74, 6) is 1.82. The molecule has 136 valence electrons. The summed E-state index contributed by atoms with van der Waals surface area (Å²) in [5, 5.41) is 0. The maximum absolute atomic E-state index is 12.6. The second-order valence-corrected chi connectivity index (χ2v) is 7.27. The highest BCUT2D eigenvalue weighted by atomic mass is 16.5. The molecule has 0 saturated carbocycles. The van der Waals surface area contributed by atoms with Gasteiger partial charge in [-0.15, -0.1) is 0 Å². The van der Waals surface area contributed by atoms with Crippen LogP contribution in [0.5, 0.6) is 5.75 Å². The number of para-hydroxylation sites is 1. The number of fused-ring (bicyclic) bond motifs is 1. The number of hydrogen-bond acceptors (Lipinski definition) is 3. The molecule has 2 aromatic rings. The number of nitrogens with zero attached hydrogens (tertiary/aromatic N) is 2. The highest BCUT2D eigenvalue weighted by molar-refractivity contribution is 5.94. The molecule has 2 aromatic carbocycles. The molecule has 26 heavy (non-hydrogen) atoms. The molecule has 0 N–H and O–H groups in total. The molecule has 0 aromatic heterocycles. The van der Waals surface area contributed by atoms with Gasteiger partial charge in [-0.2, -0.15) is 0 Å². The lowest BCUT2D eigenvalue weighted by Crippen LogP contribution is -2.49. The minimum Gasteiger partial charge on any atom is -0.493 e. The molecular formula is C22H26N2O2. The summed E-state index contributed by atoms with van der Waals surface area (Å²) in [5.41, 5.74) is 2.12. The SMILES string of the molecule is O=C(c1ccccc1)N1CCN(C[C@@H]2CCOc3ccccc3C2)CC1. The van der Waals surface area contributed by atoms with Gasteiger partial charge >= 0.3 is 0 Å². The number of benzene rings is 2. The second kappa shape index (κ2) is 7.92. The number of ether oxygens (including phenoxy) is 1. The zero-order valence-electron chi connectivity index (χ0n) is 15.1. The molecule has 4 rings (SSSR count). The van der Waals surface area contributed by atoms with E-state index in [1.165, 1.54) is 5.56 Å². The predicted octanol–water partition coefficient (Wildman–Crippen LogP) is 3.09. The van der Waals surface area contributed by atoms with Gasteiger partial charge in [0.25, 0.3) is 5.91 Å².